The fourth-order valence-electron chi connectivity index (χ4n) is 1.95. The van der Waals surface area contributed by atoms with Gasteiger partial charge in [0.05, 0.1) is 9.50 Å². The van der Waals surface area contributed by atoms with Gasteiger partial charge in [-0.3, -0.25) is 4.79 Å². The molecule has 0 N–H and O–H groups in total. The van der Waals surface area contributed by atoms with Crippen LogP contribution in [0.5, 0.6) is 0 Å². The van der Waals surface area contributed by atoms with Crippen LogP contribution in [0.4, 0.5) is 0 Å². The minimum Gasteiger partial charge on any atom is -0.451 e. The molecule has 2 nitrogen and oxygen atoms in total. The van der Waals surface area contributed by atoms with E-state index in [2.05, 4.69) is 31.9 Å². The van der Waals surface area contributed by atoms with Gasteiger partial charge >= 0.3 is 0 Å². The Morgan fingerprint density at radius 2 is 1.90 bits per heavy atom. The minimum absolute atomic E-state index is 0.231. The summed E-state index contributed by atoms with van der Waals surface area (Å²) in [5.74, 6) is 0.0433. The summed E-state index contributed by atoms with van der Waals surface area (Å²) < 4.78 is 7.27. The molecule has 100 valence electrons. The number of para-hydroxylation sites is 1. The molecule has 1 heterocycles. The average molecular weight is 414 g/mol. The molecule has 0 saturated heterocycles. The molecule has 0 fully saturated rings. The first-order valence-electron chi connectivity index (χ1n) is 5.74. The van der Waals surface area contributed by atoms with Crippen LogP contribution in [-0.2, 0) is 0 Å². The third-order valence-electron chi connectivity index (χ3n) is 2.90. The third kappa shape index (κ3) is 2.43. The molecule has 1 aromatic heterocycles. The van der Waals surface area contributed by atoms with Crippen molar-refractivity contribution in [2.45, 2.75) is 0 Å². The van der Waals surface area contributed by atoms with Gasteiger partial charge in [0.25, 0.3) is 0 Å². The zero-order valence-electron chi connectivity index (χ0n) is 9.99. The molecule has 0 aliphatic heterocycles. The number of carbonyl (C=O) groups is 1. The monoisotopic (exact) mass is 412 g/mol. The first-order chi connectivity index (χ1) is 9.56. The molecule has 2 aromatic carbocycles. The molecule has 0 aliphatic carbocycles. The van der Waals surface area contributed by atoms with Crippen LogP contribution in [0.2, 0.25) is 5.02 Å². The largest absolute Gasteiger partial charge is 0.451 e. The molecule has 0 radical (unpaired) electrons. The normalized spacial score (nSPS) is 10.9. The van der Waals surface area contributed by atoms with Gasteiger partial charge in [0.1, 0.15) is 5.58 Å². The van der Waals surface area contributed by atoms with Crippen LogP contribution >= 0.6 is 43.5 Å². The van der Waals surface area contributed by atoms with Crippen molar-refractivity contribution in [2.75, 3.05) is 0 Å². The lowest BCUT2D eigenvalue weighted by molar-refractivity contribution is 0.101. The second-order valence-electron chi connectivity index (χ2n) is 4.22. The van der Waals surface area contributed by atoms with Gasteiger partial charge in [0.15, 0.2) is 5.76 Å². The predicted octanol–water partition coefficient (Wildman–Crippen LogP) is 5.84. The number of furan rings is 1. The van der Waals surface area contributed by atoms with Gasteiger partial charge in [-0.2, -0.15) is 0 Å². The maximum Gasteiger partial charge on any atom is 0.229 e. The van der Waals surface area contributed by atoms with Gasteiger partial charge in [-0.15, -0.1) is 0 Å². The predicted molar refractivity (Wildman–Crippen MR) is 86.5 cm³/mol. The Hall–Kier alpha value is -1.10. The number of halogens is 3. The second kappa shape index (κ2) is 5.35. The van der Waals surface area contributed by atoms with Crippen molar-refractivity contribution in [3.63, 3.8) is 0 Å². The van der Waals surface area contributed by atoms with Gasteiger partial charge in [-0.1, -0.05) is 39.7 Å². The van der Waals surface area contributed by atoms with Crippen molar-refractivity contribution >= 4 is 60.2 Å². The number of rotatable bonds is 2. The number of carbonyl (C=O) groups excluding carboxylic acids is 1. The summed E-state index contributed by atoms with van der Waals surface area (Å²) in [5, 5.41) is 1.26. The van der Waals surface area contributed by atoms with E-state index >= 15 is 0 Å². The molecule has 20 heavy (non-hydrogen) atoms. The molecule has 3 aromatic rings. The number of ketones is 1. The number of hydrogen-bond donors (Lipinski definition) is 0. The maximum absolute atomic E-state index is 12.5. The Balaban J connectivity index is 2.10. The molecule has 0 aliphatic rings. The highest BCUT2D eigenvalue weighted by atomic mass is 79.9. The van der Waals surface area contributed by atoms with Crippen molar-refractivity contribution in [2.24, 2.45) is 0 Å². The van der Waals surface area contributed by atoms with Crippen LogP contribution in [0, 0.1) is 0 Å². The lowest BCUT2D eigenvalue weighted by Crippen LogP contribution is -2.00. The van der Waals surface area contributed by atoms with Gasteiger partial charge in [-0.25, -0.2) is 0 Å². The second-order valence-corrected chi connectivity index (χ2v) is 6.40. The first-order valence-corrected chi connectivity index (χ1v) is 7.70. The van der Waals surface area contributed by atoms with Crippen molar-refractivity contribution in [3.05, 3.63) is 67.8 Å². The quantitative estimate of drug-likeness (QED) is 0.493. The number of benzene rings is 2. The number of fused-ring (bicyclic) bond motifs is 1. The topological polar surface area (TPSA) is 30.2 Å². The molecule has 0 spiro atoms. The van der Waals surface area contributed by atoms with Gasteiger partial charge in [0, 0.05) is 15.4 Å². The van der Waals surface area contributed by atoms with Gasteiger partial charge in [0.2, 0.25) is 5.78 Å². The highest BCUT2D eigenvalue weighted by molar-refractivity contribution is 9.11. The van der Waals surface area contributed by atoms with E-state index in [0.29, 0.717) is 16.2 Å². The van der Waals surface area contributed by atoms with Crippen molar-refractivity contribution in [1.82, 2.24) is 0 Å². The van der Waals surface area contributed by atoms with Crippen molar-refractivity contribution < 1.29 is 9.21 Å². The fourth-order valence-corrected chi connectivity index (χ4v) is 3.17. The van der Waals surface area contributed by atoms with Crippen molar-refractivity contribution in [1.29, 1.82) is 0 Å². The maximum atomic E-state index is 12.5. The fraction of sp³-hybridized carbons (Fsp3) is 0. The molecule has 0 unspecified atom stereocenters. The molecular weight excluding hydrogens is 407 g/mol. The zero-order chi connectivity index (χ0) is 14.3. The SMILES string of the molecule is O=C(c1cc2cccc(Br)c2o1)c1ccc(Br)cc1Cl. The molecule has 0 atom stereocenters. The number of hydrogen-bond acceptors (Lipinski definition) is 2. The van der Waals surface area contributed by atoms with Crippen molar-refractivity contribution in [3.8, 4) is 0 Å². The van der Waals surface area contributed by atoms with Crippen LogP contribution in [0.25, 0.3) is 11.0 Å². The first kappa shape index (κ1) is 13.9. The lowest BCUT2D eigenvalue weighted by Gasteiger charge is -2.01. The molecule has 0 bridgehead atoms. The smallest absolute Gasteiger partial charge is 0.229 e. The Kier molecular flexibility index (Phi) is 3.71. The molecule has 0 saturated carbocycles. The standard InChI is InChI=1S/C15H7Br2ClO2/c16-9-4-5-10(12(18)7-9)14(19)13-6-8-2-1-3-11(17)15(8)20-13/h1-7H. The van der Waals surface area contributed by atoms with E-state index in [0.717, 1.165) is 14.3 Å². The molecule has 5 heteroatoms. The van der Waals surface area contributed by atoms with E-state index in [9.17, 15) is 4.79 Å². The Labute approximate surface area is 137 Å². The Bertz CT molecular complexity index is 824. The minimum atomic E-state index is -0.231. The van der Waals surface area contributed by atoms with Crippen LogP contribution in [0.1, 0.15) is 16.1 Å². The summed E-state index contributed by atoms with van der Waals surface area (Å²) >= 11 is 12.8. The average Bonchev–Trinajstić information content (AvgIpc) is 2.83. The zero-order valence-corrected chi connectivity index (χ0v) is 13.9. The Morgan fingerprint density at radius 3 is 2.60 bits per heavy atom. The molecule has 0 amide bonds. The van der Waals surface area contributed by atoms with E-state index in [1.807, 2.05) is 18.2 Å². The third-order valence-corrected chi connectivity index (χ3v) is 4.33. The summed E-state index contributed by atoms with van der Waals surface area (Å²) in [6.45, 7) is 0. The van der Waals surface area contributed by atoms with Gasteiger partial charge in [-0.05, 0) is 46.3 Å². The van der Waals surface area contributed by atoms with E-state index < -0.39 is 0 Å². The summed E-state index contributed by atoms with van der Waals surface area (Å²) in [5.41, 5.74) is 1.08. The summed E-state index contributed by atoms with van der Waals surface area (Å²) in [7, 11) is 0. The summed E-state index contributed by atoms with van der Waals surface area (Å²) in [6.07, 6.45) is 0. The van der Waals surface area contributed by atoms with Crippen LogP contribution < -0.4 is 0 Å². The van der Waals surface area contributed by atoms with E-state index in [1.165, 1.54) is 0 Å². The van der Waals surface area contributed by atoms with Crippen LogP contribution in [0.3, 0.4) is 0 Å². The highest BCUT2D eigenvalue weighted by Crippen LogP contribution is 2.30. The van der Waals surface area contributed by atoms with E-state index in [1.54, 1.807) is 24.3 Å². The Morgan fingerprint density at radius 1 is 1.10 bits per heavy atom. The van der Waals surface area contributed by atoms with Crippen LogP contribution in [0.15, 0.2) is 55.8 Å². The molecular formula is C15H7Br2ClO2. The van der Waals surface area contributed by atoms with E-state index in [-0.39, 0.29) is 11.5 Å². The molecule has 3 rings (SSSR count). The van der Waals surface area contributed by atoms with Crippen LogP contribution in [-0.4, -0.2) is 5.78 Å². The lowest BCUT2D eigenvalue weighted by atomic mass is 10.1. The van der Waals surface area contributed by atoms with Gasteiger partial charge < -0.3 is 4.42 Å². The van der Waals surface area contributed by atoms with E-state index in [4.69, 9.17) is 16.0 Å². The highest BCUT2D eigenvalue weighted by Gasteiger charge is 2.18. The summed E-state index contributed by atoms with van der Waals surface area (Å²) in [6, 6.07) is 12.5. The summed E-state index contributed by atoms with van der Waals surface area (Å²) in [4.78, 5) is 12.5.